The molecule has 0 bridgehead atoms. The molecular formula is C7H9N3O. The van der Waals surface area contributed by atoms with Gasteiger partial charge in [0.1, 0.15) is 0 Å². The SMILES string of the molecule is C/C=N\N=C/c1cnc(C)o1. The summed E-state index contributed by atoms with van der Waals surface area (Å²) in [5, 5.41) is 7.32. The second-order valence-corrected chi connectivity index (χ2v) is 1.90. The van der Waals surface area contributed by atoms with E-state index in [1.807, 2.05) is 0 Å². The topological polar surface area (TPSA) is 50.8 Å². The molecule has 0 aliphatic carbocycles. The maximum atomic E-state index is 5.10. The Bertz CT molecular complexity index is 275. The molecule has 0 aliphatic heterocycles. The Hall–Kier alpha value is -1.45. The summed E-state index contributed by atoms with van der Waals surface area (Å²) in [6, 6.07) is 0. The summed E-state index contributed by atoms with van der Waals surface area (Å²) in [5.41, 5.74) is 0. The molecule has 4 heteroatoms. The zero-order valence-electron chi connectivity index (χ0n) is 6.48. The number of rotatable bonds is 2. The van der Waals surface area contributed by atoms with Crippen LogP contribution in [0, 0.1) is 6.92 Å². The van der Waals surface area contributed by atoms with Gasteiger partial charge in [0, 0.05) is 13.1 Å². The van der Waals surface area contributed by atoms with E-state index < -0.39 is 0 Å². The van der Waals surface area contributed by atoms with Crippen LogP contribution in [0.3, 0.4) is 0 Å². The van der Waals surface area contributed by atoms with Crippen molar-refractivity contribution in [2.75, 3.05) is 0 Å². The van der Waals surface area contributed by atoms with Crippen molar-refractivity contribution in [1.29, 1.82) is 0 Å². The Labute approximate surface area is 64.7 Å². The summed E-state index contributed by atoms with van der Waals surface area (Å²) >= 11 is 0. The minimum Gasteiger partial charge on any atom is -0.440 e. The van der Waals surface area contributed by atoms with E-state index in [1.54, 1.807) is 26.3 Å². The summed E-state index contributed by atoms with van der Waals surface area (Å²) in [6.07, 6.45) is 4.71. The summed E-state index contributed by atoms with van der Waals surface area (Å²) in [4.78, 5) is 3.89. The van der Waals surface area contributed by atoms with E-state index >= 15 is 0 Å². The molecule has 0 saturated carbocycles. The van der Waals surface area contributed by atoms with Gasteiger partial charge in [-0.15, -0.1) is 0 Å². The molecule has 0 atom stereocenters. The molecule has 1 aromatic heterocycles. The maximum absolute atomic E-state index is 5.10. The van der Waals surface area contributed by atoms with Crippen molar-refractivity contribution in [2.24, 2.45) is 10.2 Å². The Morgan fingerprint density at radius 3 is 2.91 bits per heavy atom. The van der Waals surface area contributed by atoms with Crippen molar-refractivity contribution in [3.05, 3.63) is 17.8 Å². The minimum absolute atomic E-state index is 0.619. The van der Waals surface area contributed by atoms with Crippen LogP contribution in [0.2, 0.25) is 0 Å². The minimum atomic E-state index is 0.619. The van der Waals surface area contributed by atoms with E-state index in [0.29, 0.717) is 11.7 Å². The van der Waals surface area contributed by atoms with Crippen molar-refractivity contribution < 1.29 is 4.42 Å². The van der Waals surface area contributed by atoms with Crippen molar-refractivity contribution in [3.63, 3.8) is 0 Å². The van der Waals surface area contributed by atoms with Gasteiger partial charge in [0.15, 0.2) is 11.7 Å². The van der Waals surface area contributed by atoms with Gasteiger partial charge < -0.3 is 4.42 Å². The molecule has 11 heavy (non-hydrogen) atoms. The van der Waals surface area contributed by atoms with Crippen molar-refractivity contribution >= 4 is 12.4 Å². The van der Waals surface area contributed by atoms with E-state index in [0.717, 1.165) is 0 Å². The van der Waals surface area contributed by atoms with Gasteiger partial charge in [0.25, 0.3) is 0 Å². The van der Waals surface area contributed by atoms with Crippen LogP contribution in [0.4, 0.5) is 0 Å². The fourth-order valence-corrected chi connectivity index (χ4v) is 0.594. The second-order valence-electron chi connectivity index (χ2n) is 1.90. The molecule has 0 radical (unpaired) electrons. The smallest absolute Gasteiger partial charge is 0.191 e. The van der Waals surface area contributed by atoms with E-state index in [1.165, 1.54) is 6.21 Å². The molecule has 1 heterocycles. The molecule has 4 nitrogen and oxygen atoms in total. The first-order valence-corrected chi connectivity index (χ1v) is 3.26. The third-order valence-corrected chi connectivity index (χ3v) is 1.01. The number of hydrogen-bond donors (Lipinski definition) is 0. The Balaban J connectivity index is 2.64. The highest BCUT2D eigenvalue weighted by atomic mass is 16.3. The molecular weight excluding hydrogens is 142 g/mol. The normalized spacial score (nSPS) is 11.8. The van der Waals surface area contributed by atoms with Crippen LogP contribution in [-0.4, -0.2) is 17.4 Å². The molecule has 0 aliphatic rings. The monoisotopic (exact) mass is 151 g/mol. The van der Waals surface area contributed by atoms with Crippen molar-refractivity contribution in [1.82, 2.24) is 4.98 Å². The largest absolute Gasteiger partial charge is 0.440 e. The van der Waals surface area contributed by atoms with Gasteiger partial charge in [-0.25, -0.2) is 4.98 Å². The molecule has 0 amide bonds. The summed E-state index contributed by atoms with van der Waals surface area (Å²) < 4.78 is 5.10. The van der Waals surface area contributed by atoms with Crippen molar-refractivity contribution in [3.8, 4) is 0 Å². The van der Waals surface area contributed by atoms with Crippen LogP contribution < -0.4 is 0 Å². The summed E-state index contributed by atoms with van der Waals surface area (Å²) in [5.74, 6) is 1.25. The molecule has 58 valence electrons. The van der Waals surface area contributed by atoms with Gasteiger partial charge in [0.2, 0.25) is 0 Å². The van der Waals surface area contributed by atoms with Gasteiger partial charge in [-0.2, -0.15) is 10.2 Å². The van der Waals surface area contributed by atoms with Crippen LogP contribution in [0.1, 0.15) is 18.6 Å². The van der Waals surface area contributed by atoms with Gasteiger partial charge in [-0.1, -0.05) is 0 Å². The molecule has 1 rings (SSSR count). The zero-order valence-corrected chi connectivity index (χ0v) is 6.48. The first-order chi connectivity index (χ1) is 5.33. The Kier molecular flexibility index (Phi) is 2.54. The van der Waals surface area contributed by atoms with Gasteiger partial charge in [-0.3, -0.25) is 0 Å². The van der Waals surface area contributed by atoms with E-state index in [-0.39, 0.29) is 0 Å². The first-order valence-electron chi connectivity index (χ1n) is 3.26. The lowest BCUT2D eigenvalue weighted by molar-refractivity contribution is 0.515. The molecule has 0 fully saturated rings. The van der Waals surface area contributed by atoms with Gasteiger partial charge in [0.05, 0.1) is 12.4 Å². The van der Waals surface area contributed by atoms with Gasteiger partial charge >= 0.3 is 0 Å². The number of oxazole rings is 1. The summed E-state index contributed by atoms with van der Waals surface area (Å²) in [6.45, 7) is 3.57. The predicted molar refractivity (Wildman–Crippen MR) is 43.0 cm³/mol. The highest BCUT2D eigenvalue weighted by Gasteiger charge is 1.93. The first kappa shape index (κ1) is 7.65. The molecule has 0 aromatic carbocycles. The fourth-order valence-electron chi connectivity index (χ4n) is 0.594. The number of nitrogens with zero attached hydrogens (tertiary/aromatic N) is 3. The Morgan fingerprint density at radius 1 is 1.55 bits per heavy atom. The third kappa shape index (κ3) is 2.33. The average Bonchev–Trinajstić information content (AvgIpc) is 2.37. The molecule has 0 N–H and O–H groups in total. The molecule has 1 aromatic rings. The molecule has 0 unspecified atom stereocenters. The zero-order chi connectivity index (χ0) is 8.10. The van der Waals surface area contributed by atoms with Crippen LogP contribution in [0.15, 0.2) is 20.8 Å². The van der Waals surface area contributed by atoms with Crippen LogP contribution >= 0.6 is 0 Å². The molecule has 0 spiro atoms. The number of aryl methyl sites for hydroxylation is 1. The summed E-state index contributed by atoms with van der Waals surface area (Å²) in [7, 11) is 0. The fraction of sp³-hybridized carbons (Fsp3) is 0.286. The lowest BCUT2D eigenvalue weighted by atomic mass is 10.6. The predicted octanol–water partition coefficient (Wildman–Crippen LogP) is 1.41. The quantitative estimate of drug-likeness (QED) is 0.474. The van der Waals surface area contributed by atoms with E-state index in [9.17, 15) is 0 Å². The third-order valence-electron chi connectivity index (χ3n) is 1.01. The van der Waals surface area contributed by atoms with Crippen molar-refractivity contribution in [2.45, 2.75) is 13.8 Å². The van der Waals surface area contributed by atoms with Crippen LogP contribution in [-0.2, 0) is 0 Å². The highest BCUT2D eigenvalue weighted by Crippen LogP contribution is 1.97. The van der Waals surface area contributed by atoms with Gasteiger partial charge in [-0.05, 0) is 6.92 Å². The number of aromatic nitrogens is 1. The van der Waals surface area contributed by atoms with Crippen LogP contribution in [0.5, 0.6) is 0 Å². The second kappa shape index (κ2) is 3.65. The standard InChI is InChI=1S/C7H9N3O/c1-3-9-10-5-7-4-8-6(2)11-7/h3-5H,1-2H3/b9-3-,10-5-. The average molecular weight is 151 g/mol. The molecule has 0 saturated heterocycles. The van der Waals surface area contributed by atoms with E-state index in [4.69, 9.17) is 4.42 Å². The Morgan fingerprint density at radius 2 is 2.36 bits per heavy atom. The number of hydrogen-bond acceptors (Lipinski definition) is 4. The lowest BCUT2D eigenvalue weighted by Gasteiger charge is -1.78. The van der Waals surface area contributed by atoms with E-state index in [2.05, 4.69) is 15.2 Å². The lowest BCUT2D eigenvalue weighted by Crippen LogP contribution is -1.71. The maximum Gasteiger partial charge on any atom is 0.191 e. The highest BCUT2D eigenvalue weighted by molar-refractivity contribution is 5.75. The van der Waals surface area contributed by atoms with Crippen LogP contribution in [0.25, 0.3) is 0 Å².